The molecule has 2 unspecified atom stereocenters. The Labute approximate surface area is 111 Å². The van der Waals surface area contributed by atoms with Gasteiger partial charge in [-0.05, 0) is 33.4 Å². The first-order chi connectivity index (χ1) is 8.54. The zero-order chi connectivity index (χ0) is 13.8. The van der Waals surface area contributed by atoms with Crippen LogP contribution in [0, 0.1) is 0 Å². The van der Waals surface area contributed by atoms with Gasteiger partial charge >= 0.3 is 0 Å². The van der Waals surface area contributed by atoms with E-state index in [2.05, 4.69) is 44.5 Å². The van der Waals surface area contributed by atoms with Gasteiger partial charge in [0.25, 0.3) is 0 Å². The smallest absolute Gasteiger partial charge is 0.139 e. The van der Waals surface area contributed by atoms with E-state index in [0.29, 0.717) is 0 Å². The van der Waals surface area contributed by atoms with E-state index < -0.39 is 6.10 Å². The lowest BCUT2D eigenvalue weighted by molar-refractivity contribution is -0.0276. The molecule has 1 aromatic rings. The highest BCUT2D eigenvalue weighted by molar-refractivity contribution is 5.06. The Morgan fingerprint density at radius 3 is 2.39 bits per heavy atom. The molecule has 0 saturated heterocycles. The molecule has 0 aromatic carbocycles. The van der Waals surface area contributed by atoms with Gasteiger partial charge in [-0.2, -0.15) is 0 Å². The van der Waals surface area contributed by atoms with Crippen LogP contribution in [0.4, 0.5) is 0 Å². The Bertz CT molecular complexity index is 360. The van der Waals surface area contributed by atoms with E-state index >= 15 is 0 Å². The van der Waals surface area contributed by atoms with Gasteiger partial charge in [-0.1, -0.05) is 20.8 Å². The Morgan fingerprint density at radius 1 is 1.33 bits per heavy atom. The summed E-state index contributed by atoms with van der Waals surface area (Å²) in [6.45, 7) is 13.3. The number of aliphatic hydroxyl groups excluding tert-OH is 1. The van der Waals surface area contributed by atoms with Crippen LogP contribution in [0.2, 0.25) is 0 Å². The van der Waals surface area contributed by atoms with E-state index in [4.69, 9.17) is 0 Å². The first-order valence-electron chi connectivity index (χ1n) is 6.99. The van der Waals surface area contributed by atoms with Gasteiger partial charge in [0.2, 0.25) is 0 Å². The topological polar surface area (TPSA) is 41.3 Å². The molecular formula is C14H27N3O. The lowest BCUT2D eigenvalue weighted by atomic mass is 9.88. The Balaban J connectivity index is 3.08. The minimum Gasteiger partial charge on any atom is -0.383 e. The van der Waals surface area contributed by atoms with Crippen molar-refractivity contribution in [2.24, 2.45) is 0 Å². The van der Waals surface area contributed by atoms with E-state index in [9.17, 15) is 5.11 Å². The summed E-state index contributed by atoms with van der Waals surface area (Å²) < 4.78 is 2.02. The predicted octanol–water partition coefficient (Wildman–Crippen LogP) is 2.45. The quantitative estimate of drug-likeness (QED) is 0.811. The largest absolute Gasteiger partial charge is 0.383 e. The molecule has 4 nitrogen and oxygen atoms in total. The van der Waals surface area contributed by atoms with E-state index in [1.54, 1.807) is 6.20 Å². The van der Waals surface area contributed by atoms with Crippen molar-refractivity contribution in [3.05, 3.63) is 18.2 Å². The molecule has 0 spiro atoms. The van der Waals surface area contributed by atoms with Crippen molar-refractivity contribution in [1.29, 1.82) is 0 Å². The summed E-state index contributed by atoms with van der Waals surface area (Å²) in [6, 6.07) is 0. The van der Waals surface area contributed by atoms with Crippen molar-refractivity contribution < 1.29 is 5.11 Å². The van der Waals surface area contributed by atoms with Crippen LogP contribution >= 0.6 is 0 Å². The Hall–Kier alpha value is -0.870. The second kappa shape index (κ2) is 6.34. The highest BCUT2D eigenvalue weighted by Gasteiger charge is 2.38. The van der Waals surface area contributed by atoms with Gasteiger partial charge in [0.05, 0.1) is 5.54 Å². The van der Waals surface area contributed by atoms with Crippen LogP contribution < -0.4 is 0 Å². The highest BCUT2D eigenvalue weighted by Crippen LogP contribution is 2.33. The minimum atomic E-state index is -0.558. The summed E-state index contributed by atoms with van der Waals surface area (Å²) >= 11 is 0. The van der Waals surface area contributed by atoms with Gasteiger partial charge in [0.15, 0.2) is 0 Å². The van der Waals surface area contributed by atoms with Crippen LogP contribution in [0.3, 0.4) is 0 Å². The van der Waals surface area contributed by atoms with Gasteiger partial charge < -0.3 is 9.67 Å². The Kier molecular flexibility index (Phi) is 5.35. The zero-order valence-corrected chi connectivity index (χ0v) is 12.3. The van der Waals surface area contributed by atoms with Crippen LogP contribution in [-0.4, -0.2) is 38.2 Å². The lowest BCUT2D eigenvalue weighted by Gasteiger charge is -2.43. The third kappa shape index (κ3) is 2.59. The fraction of sp³-hybridized carbons (Fsp3) is 0.786. The van der Waals surface area contributed by atoms with Crippen LogP contribution in [0.5, 0.6) is 0 Å². The summed E-state index contributed by atoms with van der Waals surface area (Å²) in [5.74, 6) is 0.772. The molecule has 0 saturated carbocycles. The molecule has 0 aliphatic carbocycles. The second-order valence-electron chi connectivity index (χ2n) is 4.86. The van der Waals surface area contributed by atoms with Crippen LogP contribution in [0.25, 0.3) is 0 Å². The average molecular weight is 253 g/mol. The van der Waals surface area contributed by atoms with Crippen molar-refractivity contribution in [2.75, 3.05) is 13.1 Å². The summed E-state index contributed by atoms with van der Waals surface area (Å²) in [4.78, 5) is 6.65. The normalized spacial score (nSPS) is 16.8. The van der Waals surface area contributed by atoms with Gasteiger partial charge in [0.1, 0.15) is 11.9 Å². The number of aryl methyl sites for hydroxylation is 1. The molecule has 1 heterocycles. The number of hydrogen-bond acceptors (Lipinski definition) is 3. The molecule has 18 heavy (non-hydrogen) atoms. The molecule has 1 rings (SSSR count). The van der Waals surface area contributed by atoms with Crippen molar-refractivity contribution in [3.8, 4) is 0 Å². The minimum absolute atomic E-state index is 0.262. The lowest BCUT2D eigenvalue weighted by Crippen LogP contribution is -2.50. The van der Waals surface area contributed by atoms with Gasteiger partial charge in [-0.3, -0.25) is 4.90 Å². The molecule has 0 radical (unpaired) electrons. The third-order valence-electron chi connectivity index (χ3n) is 4.12. The molecule has 104 valence electrons. The molecule has 0 bridgehead atoms. The number of likely N-dealkylation sites (N-methyl/N-ethyl adjacent to an activating group) is 1. The summed E-state index contributed by atoms with van der Waals surface area (Å²) in [5, 5.41) is 10.7. The number of aliphatic hydroxyl groups is 1. The standard InChI is InChI=1S/C14H27N3O/c1-6-14(5,17(8-3)9-4)12(18)13-15-10-11-16(13)7-2/h10-12,18H,6-9H2,1-5H3. The number of aromatic nitrogens is 2. The third-order valence-corrected chi connectivity index (χ3v) is 4.12. The van der Waals surface area contributed by atoms with Crippen molar-refractivity contribution in [2.45, 2.75) is 59.2 Å². The zero-order valence-electron chi connectivity index (χ0n) is 12.3. The van der Waals surface area contributed by atoms with E-state index in [1.807, 2.05) is 10.8 Å². The first kappa shape index (κ1) is 15.2. The molecule has 0 fully saturated rings. The van der Waals surface area contributed by atoms with Crippen LogP contribution in [-0.2, 0) is 6.54 Å². The maximum atomic E-state index is 10.7. The molecule has 0 amide bonds. The molecule has 0 aliphatic rings. The summed E-state index contributed by atoms with van der Waals surface area (Å²) in [7, 11) is 0. The second-order valence-corrected chi connectivity index (χ2v) is 4.86. The number of rotatable bonds is 7. The van der Waals surface area contributed by atoms with E-state index in [1.165, 1.54) is 0 Å². The van der Waals surface area contributed by atoms with Gasteiger partial charge in [-0.15, -0.1) is 0 Å². The van der Waals surface area contributed by atoms with Gasteiger partial charge in [-0.25, -0.2) is 4.98 Å². The van der Waals surface area contributed by atoms with Gasteiger partial charge in [0, 0.05) is 18.9 Å². The van der Waals surface area contributed by atoms with Crippen molar-refractivity contribution in [3.63, 3.8) is 0 Å². The first-order valence-corrected chi connectivity index (χ1v) is 6.99. The monoisotopic (exact) mass is 253 g/mol. The molecule has 1 aromatic heterocycles. The van der Waals surface area contributed by atoms with Crippen molar-refractivity contribution in [1.82, 2.24) is 14.5 Å². The highest BCUT2D eigenvalue weighted by atomic mass is 16.3. The van der Waals surface area contributed by atoms with Crippen LogP contribution in [0.1, 0.15) is 53.0 Å². The molecular weight excluding hydrogens is 226 g/mol. The number of imidazole rings is 1. The summed E-state index contributed by atoms with van der Waals surface area (Å²) in [6.07, 6.45) is 4.03. The van der Waals surface area contributed by atoms with Crippen molar-refractivity contribution >= 4 is 0 Å². The molecule has 2 atom stereocenters. The molecule has 4 heteroatoms. The maximum absolute atomic E-state index is 10.7. The van der Waals surface area contributed by atoms with E-state index in [0.717, 1.165) is 31.9 Å². The summed E-state index contributed by atoms with van der Waals surface area (Å²) in [5.41, 5.74) is -0.262. The van der Waals surface area contributed by atoms with E-state index in [-0.39, 0.29) is 5.54 Å². The number of hydrogen-bond donors (Lipinski definition) is 1. The maximum Gasteiger partial charge on any atom is 0.139 e. The fourth-order valence-corrected chi connectivity index (χ4v) is 2.65. The molecule has 0 aliphatic heterocycles. The van der Waals surface area contributed by atoms with Crippen LogP contribution in [0.15, 0.2) is 12.4 Å². The number of nitrogens with zero attached hydrogens (tertiary/aromatic N) is 3. The predicted molar refractivity (Wildman–Crippen MR) is 74.5 cm³/mol. The molecule has 1 N–H and O–H groups in total. The fourth-order valence-electron chi connectivity index (χ4n) is 2.65. The Morgan fingerprint density at radius 2 is 1.94 bits per heavy atom. The average Bonchev–Trinajstić information content (AvgIpc) is 2.86. The SMILES string of the molecule is CCN(CC)C(C)(CC)C(O)c1nccn1CC.